The van der Waals surface area contributed by atoms with Gasteiger partial charge in [-0.1, -0.05) is 13.0 Å². The van der Waals surface area contributed by atoms with E-state index in [9.17, 15) is 18.7 Å². The molecule has 2 saturated heterocycles. The summed E-state index contributed by atoms with van der Waals surface area (Å²) >= 11 is 0. The predicted molar refractivity (Wildman–Crippen MR) is 187 cm³/mol. The summed E-state index contributed by atoms with van der Waals surface area (Å²) in [6.45, 7) is 8.03. The Bertz CT molecular complexity index is 1960. The van der Waals surface area contributed by atoms with Gasteiger partial charge < -0.3 is 28.9 Å². The Balaban J connectivity index is 0.923. The molecule has 7 rings (SSSR count). The molecular formula is C37H42F2N8O4. The van der Waals surface area contributed by atoms with Crippen LogP contribution in [0.15, 0.2) is 90.5 Å². The second kappa shape index (κ2) is 14.6. The van der Waals surface area contributed by atoms with E-state index in [1.165, 1.54) is 27.7 Å². The maximum absolute atomic E-state index is 15.0. The summed E-state index contributed by atoms with van der Waals surface area (Å²) in [5.41, 5.74) is 1.96. The lowest BCUT2D eigenvalue weighted by Crippen LogP contribution is -2.46. The summed E-state index contributed by atoms with van der Waals surface area (Å²) in [5.74, 6) is -0.542. The summed E-state index contributed by atoms with van der Waals surface area (Å²) in [7, 11) is 0. The average molecular weight is 701 g/mol. The Morgan fingerprint density at radius 1 is 0.922 bits per heavy atom. The molecule has 0 saturated carbocycles. The van der Waals surface area contributed by atoms with Gasteiger partial charge in [-0.25, -0.2) is 22.8 Å². The number of piperazine rings is 1. The van der Waals surface area contributed by atoms with E-state index in [0.29, 0.717) is 38.2 Å². The minimum Gasteiger partial charge on any atom is -0.493 e. The number of benzene rings is 3. The van der Waals surface area contributed by atoms with Gasteiger partial charge in [-0.15, -0.1) is 10.2 Å². The largest absolute Gasteiger partial charge is 0.493 e. The van der Waals surface area contributed by atoms with Crippen LogP contribution < -0.4 is 20.2 Å². The molecule has 0 amide bonds. The highest BCUT2D eigenvalue weighted by Gasteiger charge is 2.44. The Labute approximate surface area is 294 Å². The monoisotopic (exact) mass is 700 g/mol. The van der Waals surface area contributed by atoms with Gasteiger partial charge in [0, 0.05) is 55.1 Å². The maximum atomic E-state index is 15.0. The van der Waals surface area contributed by atoms with Crippen molar-refractivity contribution in [1.82, 2.24) is 29.1 Å². The topological polar surface area (TPSA) is 116 Å². The Kier molecular flexibility index (Phi) is 9.87. The van der Waals surface area contributed by atoms with Gasteiger partial charge in [-0.3, -0.25) is 0 Å². The third-order valence-corrected chi connectivity index (χ3v) is 9.98. The minimum atomic E-state index is -0.996. The highest BCUT2D eigenvalue weighted by Crippen LogP contribution is 2.42. The lowest BCUT2D eigenvalue weighted by molar-refractivity contribution is -0.0181. The normalized spacial score (nSPS) is 20.5. The van der Waals surface area contributed by atoms with Crippen LogP contribution in [0.4, 0.5) is 20.2 Å². The summed E-state index contributed by atoms with van der Waals surface area (Å²) in [5, 5.41) is 22.0. The average Bonchev–Trinajstić information content (AvgIpc) is 3.90. The number of hydrogen-bond acceptors (Lipinski definition) is 9. The first-order chi connectivity index (χ1) is 24.7. The van der Waals surface area contributed by atoms with Gasteiger partial charge in [0.1, 0.15) is 42.0 Å². The van der Waals surface area contributed by atoms with Crippen LogP contribution in [0, 0.1) is 17.6 Å². The van der Waals surface area contributed by atoms with Crippen molar-refractivity contribution in [3.8, 4) is 11.4 Å². The standard InChI is InChI=1S/C37H42F2N8O4/c1-3-35(26(2)48)47-36(49)46(25-42-47)31-7-5-29(6-8-31)44-14-16-45(17-15-44)30-9-11-32(12-10-30)50-20-27-19-37(51-21-27,22-43-23-40-41-24-43)33-13-4-28(38)18-34(33)39/h4-13,18,23-27,35,48H,3,14-17,19-22H2,1-2H3/t26-,27+,35+,37-/m0/s1. The first-order valence-electron chi connectivity index (χ1n) is 17.3. The second-order valence-corrected chi connectivity index (χ2v) is 13.4. The van der Waals surface area contributed by atoms with Crippen LogP contribution in [0.2, 0.25) is 0 Å². The first-order valence-corrected chi connectivity index (χ1v) is 17.3. The van der Waals surface area contributed by atoms with Crippen molar-refractivity contribution >= 4 is 11.4 Å². The number of aliphatic hydroxyl groups excluding tert-OH is 1. The lowest BCUT2D eigenvalue weighted by atomic mass is 9.86. The van der Waals surface area contributed by atoms with E-state index >= 15 is 0 Å². The zero-order chi connectivity index (χ0) is 35.5. The van der Waals surface area contributed by atoms with E-state index in [0.717, 1.165) is 55.1 Å². The molecule has 4 heterocycles. The highest BCUT2D eigenvalue weighted by molar-refractivity contribution is 5.54. The van der Waals surface area contributed by atoms with Crippen molar-refractivity contribution in [2.75, 3.05) is 49.2 Å². The summed E-state index contributed by atoms with van der Waals surface area (Å²) in [6.07, 6.45) is 5.04. The highest BCUT2D eigenvalue weighted by atomic mass is 19.1. The number of nitrogens with zero attached hydrogens (tertiary/aromatic N) is 8. The molecule has 2 aliphatic rings. The van der Waals surface area contributed by atoms with E-state index in [4.69, 9.17) is 9.47 Å². The van der Waals surface area contributed by atoms with Crippen LogP contribution >= 0.6 is 0 Å². The molecule has 268 valence electrons. The van der Waals surface area contributed by atoms with Crippen LogP contribution in [0.1, 0.15) is 38.3 Å². The van der Waals surface area contributed by atoms with Crippen LogP contribution in [-0.4, -0.2) is 79.7 Å². The van der Waals surface area contributed by atoms with Crippen molar-refractivity contribution in [3.63, 3.8) is 0 Å². The van der Waals surface area contributed by atoms with Gasteiger partial charge in [0.05, 0.1) is 37.6 Å². The number of aliphatic hydroxyl groups is 1. The zero-order valence-electron chi connectivity index (χ0n) is 28.7. The molecule has 0 aliphatic carbocycles. The fourth-order valence-electron chi connectivity index (χ4n) is 7.26. The summed E-state index contributed by atoms with van der Waals surface area (Å²) < 4.78 is 45.7. The van der Waals surface area contributed by atoms with E-state index in [1.807, 2.05) is 43.3 Å². The van der Waals surface area contributed by atoms with Crippen molar-refractivity contribution in [1.29, 1.82) is 0 Å². The van der Waals surface area contributed by atoms with Crippen LogP contribution in [0.25, 0.3) is 5.69 Å². The van der Waals surface area contributed by atoms with Gasteiger partial charge in [-0.2, -0.15) is 5.10 Å². The lowest BCUT2D eigenvalue weighted by Gasteiger charge is -2.37. The van der Waals surface area contributed by atoms with Crippen LogP contribution in [-0.2, 0) is 16.9 Å². The Morgan fingerprint density at radius 2 is 1.55 bits per heavy atom. The third-order valence-electron chi connectivity index (χ3n) is 9.98. The molecule has 0 bridgehead atoms. The van der Waals surface area contributed by atoms with Gasteiger partial charge in [0.15, 0.2) is 0 Å². The molecule has 3 aromatic carbocycles. The maximum Gasteiger partial charge on any atom is 0.350 e. The molecule has 5 aromatic rings. The fourth-order valence-corrected chi connectivity index (χ4v) is 7.26. The Morgan fingerprint density at radius 3 is 2.16 bits per heavy atom. The van der Waals surface area contributed by atoms with Crippen molar-refractivity contribution in [2.24, 2.45) is 5.92 Å². The van der Waals surface area contributed by atoms with Crippen molar-refractivity contribution in [2.45, 2.75) is 51.0 Å². The molecule has 2 aromatic heterocycles. The number of hydrogen-bond donors (Lipinski definition) is 1. The molecule has 0 spiro atoms. The number of halogens is 2. The molecule has 1 N–H and O–H groups in total. The quantitative estimate of drug-likeness (QED) is 0.200. The minimum absolute atomic E-state index is 0.00471. The summed E-state index contributed by atoms with van der Waals surface area (Å²) in [6, 6.07) is 19.2. The molecule has 0 radical (unpaired) electrons. The van der Waals surface area contributed by atoms with Crippen LogP contribution in [0.3, 0.4) is 0 Å². The molecule has 51 heavy (non-hydrogen) atoms. The van der Waals surface area contributed by atoms with Crippen LogP contribution in [0.5, 0.6) is 5.75 Å². The second-order valence-electron chi connectivity index (χ2n) is 13.4. The Hall–Kier alpha value is -5.08. The summed E-state index contributed by atoms with van der Waals surface area (Å²) in [4.78, 5) is 17.7. The van der Waals surface area contributed by atoms with Gasteiger partial charge in [0.2, 0.25) is 0 Å². The predicted octanol–water partition coefficient (Wildman–Crippen LogP) is 4.57. The smallest absolute Gasteiger partial charge is 0.350 e. The zero-order valence-corrected chi connectivity index (χ0v) is 28.7. The van der Waals surface area contributed by atoms with Crippen molar-refractivity contribution in [3.05, 3.63) is 113 Å². The number of ether oxygens (including phenoxy) is 2. The molecule has 4 atom stereocenters. The number of anilines is 2. The van der Waals surface area contributed by atoms with E-state index in [-0.39, 0.29) is 17.6 Å². The van der Waals surface area contributed by atoms with E-state index < -0.39 is 23.3 Å². The molecule has 2 aliphatic heterocycles. The first kappa shape index (κ1) is 34.4. The number of aromatic nitrogens is 6. The SMILES string of the molecule is CC[C@H]([C@H](C)O)n1ncn(-c2ccc(N3CCN(c4ccc(OC[C@@H]5CO[C@@](Cn6cnnc6)(c6ccc(F)cc6F)C5)cc4)CC3)cc2)c1=O. The fraction of sp³-hybridized carbons (Fsp3) is 0.405. The third kappa shape index (κ3) is 7.24. The van der Waals surface area contributed by atoms with Gasteiger partial charge in [-0.05, 0) is 74.4 Å². The van der Waals surface area contributed by atoms with E-state index in [1.54, 1.807) is 24.1 Å². The molecule has 14 heteroatoms. The molecule has 0 unspecified atom stereocenters. The van der Waals surface area contributed by atoms with E-state index in [2.05, 4.69) is 37.2 Å². The number of rotatable bonds is 12. The van der Waals surface area contributed by atoms with Crippen molar-refractivity contribution < 1.29 is 23.4 Å². The van der Waals surface area contributed by atoms with Gasteiger partial charge >= 0.3 is 5.69 Å². The molecule has 2 fully saturated rings. The molecule has 12 nitrogen and oxygen atoms in total. The van der Waals surface area contributed by atoms with Gasteiger partial charge in [0.25, 0.3) is 0 Å². The molecular weight excluding hydrogens is 658 g/mol.